The molecule has 4 nitrogen and oxygen atoms in total. The maximum absolute atomic E-state index is 11.4. The molecule has 1 aromatic carbocycles. The number of pyridine rings is 1. The molecule has 1 aromatic heterocycles. The number of halogens is 1. The second kappa shape index (κ2) is 5.55. The van der Waals surface area contributed by atoms with Crippen LogP contribution in [0, 0.1) is 6.92 Å². The molecule has 2 N–H and O–H groups in total. The molecule has 0 amide bonds. The number of hydrogen-bond acceptors (Lipinski definition) is 3. The number of aryl methyl sites for hydroxylation is 1. The summed E-state index contributed by atoms with van der Waals surface area (Å²) < 4.78 is 0. The zero-order valence-corrected chi connectivity index (χ0v) is 11.6. The lowest BCUT2D eigenvalue weighted by Gasteiger charge is -2.09. The molecule has 0 spiro atoms. The quantitative estimate of drug-likeness (QED) is 0.903. The monoisotopic (exact) mass is 278 g/mol. The lowest BCUT2D eigenvalue weighted by atomic mass is 10.0. The van der Waals surface area contributed by atoms with E-state index in [0.717, 1.165) is 17.8 Å². The van der Waals surface area contributed by atoms with Gasteiger partial charge in [-0.3, -0.25) is 4.98 Å². The van der Waals surface area contributed by atoms with Crippen molar-refractivity contribution in [3.8, 4) is 0 Å². The van der Waals surface area contributed by atoms with Crippen LogP contribution in [0.15, 0.2) is 18.2 Å². The highest BCUT2D eigenvalue weighted by Gasteiger charge is 2.14. The van der Waals surface area contributed by atoms with Gasteiger partial charge in [-0.25, -0.2) is 4.79 Å². The summed E-state index contributed by atoms with van der Waals surface area (Å²) >= 11 is 6.08. The van der Waals surface area contributed by atoms with E-state index in [-0.39, 0.29) is 5.56 Å². The van der Waals surface area contributed by atoms with Gasteiger partial charge in [-0.05, 0) is 31.7 Å². The Labute approximate surface area is 116 Å². The van der Waals surface area contributed by atoms with Gasteiger partial charge in [0.25, 0.3) is 0 Å². The van der Waals surface area contributed by atoms with Crippen molar-refractivity contribution < 1.29 is 9.90 Å². The Bertz CT molecular complexity index is 641. The van der Waals surface area contributed by atoms with E-state index in [2.05, 4.69) is 10.3 Å². The Balaban J connectivity index is 2.69. The smallest absolute Gasteiger partial charge is 0.336 e. The van der Waals surface area contributed by atoms with Crippen LogP contribution in [0.2, 0.25) is 5.02 Å². The Kier molecular flexibility index (Phi) is 4.02. The lowest BCUT2D eigenvalue weighted by Crippen LogP contribution is -2.12. The van der Waals surface area contributed by atoms with Gasteiger partial charge >= 0.3 is 5.97 Å². The first-order valence-electron chi connectivity index (χ1n) is 6.01. The van der Waals surface area contributed by atoms with Gasteiger partial charge in [0.05, 0.1) is 11.1 Å². The van der Waals surface area contributed by atoms with Gasteiger partial charge in [0.2, 0.25) is 0 Å². The molecule has 0 unspecified atom stereocenters. The number of nitrogens with one attached hydrogen (secondary N) is 1. The second-order valence-corrected chi connectivity index (χ2v) is 4.80. The molecule has 2 aromatic rings. The zero-order chi connectivity index (χ0) is 14.0. The van der Waals surface area contributed by atoms with Gasteiger partial charge in [-0.1, -0.05) is 17.7 Å². The van der Waals surface area contributed by atoms with Crippen molar-refractivity contribution in [3.05, 3.63) is 40.0 Å². The van der Waals surface area contributed by atoms with Crippen molar-refractivity contribution in [2.75, 3.05) is 13.6 Å². The summed E-state index contributed by atoms with van der Waals surface area (Å²) in [5.41, 5.74) is 2.51. The topological polar surface area (TPSA) is 62.2 Å². The SMILES string of the molecule is CNCCc1cc(C(=O)O)c2ccc(Cl)c(C)c2n1. The molecule has 0 saturated carbocycles. The van der Waals surface area contributed by atoms with Crippen LogP contribution in [0.3, 0.4) is 0 Å². The van der Waals surface area contributed by atoms with Gasteiger partial charge in [0.15, 0.2) is 0 Å². The summed E-state index contributed by atoms with van der Waals surface area (Å²) in [7, 11) is 1.85. The molecular weight excluding hydrogens is 264 g/mol. The molecular formula is C14H15ClN2O2. The van der Waals surface area contributed by atoms with Crippen LogP contribution >= 0.6 is 11.6 Å². The van der Waals surface area contributed by atoms with E-state index >= 15 is 0 Å². The number of nitrogens with zero attached hydrogens (tertiary/aromatic N) is 1. The van der Waals surface area contributed by atoms with Crippen LogP contribution in [0.1, 0.15) is 21.6 Å². The first-order valence-corrected chi connectivity index (χ1v) is 6.39. The van der Waals surface area contributed by atoms with E-state index in [4.69, 9.17) is 11.6 Å². The summed E-state index contributed by atoms with van der Waals surface area (Å²) in [6, 6.07) is 5.05. The minimum atomic E-state index is -0.945. The first kappa shape index (κ1) is 13.8. The maximum Gasteiger partial charge on any atom is 0.336 e. The number of aromatic carboxylic acids is 1. The van der Waals surface area contributed by atoms with Crippen LogP contribution < -0.4 is 5.32 Å². The van der Waals surface area contributed by atoms with Crippen molar-refractivity contribution in [2.24, 2.45) is 0 Å². The van der Waals surface area contributed by atoms with Crippen LogP contribution in [-0.4, -0.2) is 29.7 Å². The predicted octanol–water partition coefficient (Wildman–Crippen LogP) is 2.66. The van der Waals surface area contributed by atoms with Crippen LogP contribution in [0.4, 0.5) is 0 Å². The number of rotatable bonds is 4. The normalized spacial score (nSPS) is 10.9. The van der Waals surface area contributed by atoms with E-state index in [1.807, 2.05) is 14.0 Å². The van der Waals surface area contributed by atoms with Gasteiger partial charge in [-0.15, -0.1) is 0 Å². The molecule has 100 valence electrons. The molecule has 0 atom stereocenters. The molecule has 0 aliphatic heterocycles. The van der Waals surface area contributed by atoms with Crippen molar-refractivity contribution in [2.45, 2.75) is 13.3 Å². The van der Waals surface area contributed by atoms with Gasteiger partial charge in [0, 0.05) is 29.1 Å². The van der Waals surface area contributed by atoms with Crippen molar-refractivity contribution in [3.63, 3.8) is 0 Å². The average molecular weight is 279 g/mol. The minimum Gasteiger partial charge on any atom is -0.478 e. The molecule has 5 heteroatoms. The molecule has 1 heterocycles. The molecule has 0 saturated heterocycles. The highest BCUT2D eigenvalue weighted by Crippen LogP contribution is 2.27. The van der Waals surface area contributed by atoms with Crippen molar-refractivity contribution >= 4 is 28.5 Å². The number of carboxylic acids is 1. The summed E-state index contributed by atoms with van der Waals surface area (Å²) in [5.74, 6) is -0.945. The number of hydrogen-bond donors (Lipinski definition) is 2. The largest absolute Gasteiger partial charge is 0.478 e. The Hall–Kier alpha value is -1.65. The third kappa shape index (κ3) is 2.69. The summed E-state index contributed by atoms with van der Waals surface area (Å²) in [6.07, 6.45) is 0.679. The van der Waals surface area contributed by atoms with Crippen LogP contribution in [0.5, 0.6) is 0 Å². The molecule has 0 bridgehead atoms. The molecule has 0 fully saturated rings. The summed E-state index contributed by atoms with van der Waals surface area (Å²) in [4.78, 5) is 15.9. The third-order valence-corrected chi connectivity index (χ3v) is 3.49. The average Bonchev–Trinajstić information content (AvgIpc) is 2.40. The first-order chi connectivity index (χ1) is 9.04. The molecule has 0 aliphatic rings. The molecule has 19 heavy (non-hydrogen) atoms. The summed E-state index contributed by atoms with van der Waals surface area (Å²) in [6.45, 7) is 2.60. The highest BCUT2D eigenvalue weighted by atomic mass is 35.5. The van der Waals surface area contributed by atoms with Crippen molar-refractivity contribution in [1.82, 2.24) is 10.3 Å². The van der Waals surface area contributed by atoms with E-state index in [1.54, 1.807) is 18.2 Å². The second-order valence-electron chi connectivity index (χ2n) is 4.39. The Morgan fingerprint density at radius 1 is 1.47 bits per heavy atom. The fourth-order valence-electron chi connectivity index (χ4n) is 2.02. The zero-order valence-electron chi connectivity index (χ0n) is 10.8. The van der Waals surface area contributed by atoms with Gasteiger partial charge in [-0.2, -0.15) is 0 Å². The Morgan fingerprint density at radius 3 is 2.84 bits per heavy atom. The van der Waals surface area contributed by atoms with Crippen LogP contribution in [-0.2, 0) is 6.42 Å². The molecule has 2 rings (SSSR count). The minimum absolute atomic E-state index is 0.274. The van der Waals surface area contributed by atoms with Gasteiger partial charge < -0.3 is 10.4 Å². The number of fused-ring (bicyclic) bond motifs is 1. The Morgan fingerprint density at radius 2 is 2.21 bits per heavy atom. The highest BCUT2D eigenvalue weighted by molar-refractivity contribution is 6.32. The number of aromatic nitrogens is 1. The fraction of sp³-hybridized carbons (Fsp3) is 0.286. The fourth-order valence-corrected chi connectivity index (χ4v) is 2.17. The third-order valence-electron chi connectivity index (χ3n) is 3.08. The van der Waals surface area contributed by atoms with Crippen molar-refractivity contribution in [1.29, 1.82) is 0 Å². The standard InChI is InChI=1S/C14H15ClN2O2/c1-8-12(15)4-3-10-11(14(18)19)7-9(5-6-16-2)17-13(8)10/h3-4,7,16H,5-6H2,1-2H3,(H,18,19). The lowest BCUT2D eigenvalue weighted by molar-refractivity contribution is 0.0699. The van der Waals surface area contributed by atoms with Crippen LogP contribution in [0.25, 0.3) is 10.9 Å². The van der Waals surface area contributed by atoms with E-state index in [9.17, 15) is 9.90 Å². The van der Waals surface area contributed by atoms with E-state index in [0.29, 0.717) is 22.3 Å². The number of likely N-dealkylation sites (N-methyl/N-ethyl adjacent to an activating group) is 1. The summed E-state index contributed by atoms with van der Waals surface area (Å²) in [5, 5.41) is 13.6. The molecule has 0 radical (unpaired) electrons. The number of carbonyl (C=O) groups is 1. The molecule has 0 aliphatic carbocycles. The number of carboxylic acid groups (broad SMARTS) is 1. The maximum atomic E-state index is 11.4. The predicted molar refractivity (Wildman–Crippen MR) is 76.1 cm³/mol. The van der Waals surface area contributed by atoms with E-state index in [1.165, 1.54) is 0 Å². The number of benzene rings is 1. The van der Waals surface area contributed by atoms with E-state index < -0.39 is 5.97 Å². The van der Waals surface area contributed by atoms with Gasteiger partial charge in [0.1, 0.15) is 0 Å².